The average Bonchev–Trinajstić information content (AvgIpc) is 2.40. The lowest BCUT2D eigenvalue weighted by Gasteiger charge is -2.05. The third kappa shape index (κ3) is 4.30. The summed E-state index contributed by atoms with van der Waals surface area (Å²) in [7, 11) is 1.36. The molecule has 4 nitrogen and oxygen atoms in total. The van der Waals surface area contributed by atoms with Crippen molar-refractivity contribution in [3.05, 3.63) is 41.5 Å². The van der Waals surface area contributed by atoms with Gasteiger partial charge in [-0.3, -0.25) is 0 Å². The number of ether oxygens (including phenoxy) is 1. The molecule has 0 bridgehead atoms. The second kappa shape index (κ2) is 7.13. The Labute approximate surface area is 107 Å². The summed E-state index contributed by atoms with van der Waals surface area (Å²) >= 11 is 0. The summed E-state index contributed by atoms with van der Waals surface area (Å²) in [6, 6.07) is 9.73. The predicted octanol–water partition coefficient (Wildman–Crippen LogP) is 2.28. The Bertz CT molecular complexity index is 470. The van der Waals surface area contributed by atoms with Gasteiger partial charge in [0.2, 0.25) is 0 Å². The molecule has 0 aliphatic rings. The molecular formula is C14H16N2O2. The molecule has 1 aromatic rings. The SMILES string of the molecule is COC(=O)/C(C)=C/CNc1ccc(CC#N)cc1. The predicted molar refractivity (Wildman–Crippen MR) is 70.0 cm³/mol. The largest absolute Gasteiger partial charge is 0.466 e. The topological polar surface area (TPSA) is 62.1 Å². The van der Waals surface area contributed by atoms with E-state index in [1.54, 1.807) is 13.0 Å². The number of hydrogen-bond acceptors (Lipinski definition) is 4. The van der Waals surface area contributed by atoms with Crippen LogP contribution in [-0.4, -0.2) is 19.6 Å². The van der Waals surface area contributed by atoms with E-state index in [2.05, 4.69) is 16.1 Å². The normalized spacial score (nSPS) is 10.6. The smallest absolute Gasteiger partial charge is 0.333 e. The molecule has 0 aliphatic heterocycles. The zero-order valence-electron chi connectivity index (χ0n) is 10.6. The van der Waals surface area contributed by atoms with Crippen LogP contribution in [0.25, 0.3) is 0 Å². The highest BCUT2D eigenvalue weighted by atomic mass is 16.5. The lowest BCUT2D eigenvalue weighted by atomic mass is 10.1. The van der Waals surface area contributed by atoms with Crippen molar-refractivity contribution in [3.8, 4) is 6.07 Å². The summed E-state index contributed by atoms with van der Waals surface area (Å²) in [4.78, 5) is 11.1. The summed E-state index contributed by atoms with van der Waals surface area (Å²) in [5.74, 6) is -0.318. The first-order valence-corrected chi connectivity index (χ1v) is 5.62. The third-order valence-corrected chi connectivity index (χ3v) is 2.46. The summed E-state index contributed by atoms with van der Waals surface area (Å²) < 4.78 is 4.59. The van der Waals surface area contributed by atoms with E-state index in [9.17, 15) is 4.79 Å². The van der Waals surface area contributed by atoms with Crippen molar-refractivity contribution in [2.75, 3.05) is 19.0 Å². The number of carbonyl (C=O) groups excluding carboxylic acids is 1. The first-order valence-electron chi connectivity index (χ1n) is 5.62. The van der Waals surface area contributed by atoms with Crippen LogP contribution < -0.4 is 5.32 Å². The van der Waals surface area contributed by atoms with Gasteiger partial charge in [0.05, 0.1) is 19.6 Å². The van der Waals surface area contributed by atoms with Gasteiger partial charge < -0.3 is 10.1 Å². The van der Waals surface area contributed by atoms with Crippen molar-refractivity contribution in [3.63, 3.8) is 0 Å². The van der Waals surface area contributed by atoms with Crippen molar-refractivity contribution in [2.24, 2.45) is 0 Å². The molecule has 0 saturated carbocycles. The van der Waals surface area contributed by atoms with Crippen LogP contribution in [0.15, 0.2) is 35.9 Å². The number of nitriles is 1. The van der Waals surface area contributed by atoms with Crippen LogP contribution in [0.1, 0.15) is 12.5 Å². The molecule has 0 spiro atoms. The maximum Gasteiger partial charge on any atom is 0.333 e. The molecule has 1 rings (SSSR count). The van der Waals surface area contributed by atoms with E-state index in [0.717, 1.165) is 11.3 Å². The Kier molecular flexibility index (Phi) is 5.46. The van der Waals surface area contributed by atoms with E-state index < -0.39 is 0 Å². The van der Waals surface area contributed by atoms with Crippen molar-refractivity contribution < 1.29 is 9.53 Å². The molecule has 18 heavy (non-hydrogen) atoms. The Balaban J connectivity index is 2.49. The number of benzene rings is 1. The third-order valence-electron chi connectivity index (χ3n) is 2.46. The monoisotopic (exact) mass is 244 g/mol. The van der Waals surface area contributed by atoms with Gasteiger partial charge in [-0.15, -0.1) is 0 Å². The van der Waals surface area contributed by atoms with Crippen LogP contribution in [0.4, 0.5) is 5.69 Å². The Morgan fingerprint density at radius 3 is 2.67 bits per heavy atom. The fourth-order valence-electron chi connectivity index (χ4n) is 1.40. The maximum atomic E-state index is 11.1. The van der Waals surface area contributed by atoms with Gasteiger partial charge in [-0.05, 0) is 24.6 Å². The highest BCUT2D eigenvalue weighted by Crippen LogP contribution is 2.09. The molecule has 4 heteroatoms. The summed E-state index contributed by atoms with van der Waals surface area (Å²) in [5, 5.41) is 11.7. The number of anilines is 1. The minimum Gasteiger partial charge on any atom is -0.466 e. The van der Waals surface area contributed by atoms with Gasteiger partial charge in [0, 0.05) is 17.8 Å². The number of hydrogen-bond donors (Lipinski definition) is 1. The molecule has 0 aliphatic carbocycles. The van der Waals surface area contributed by atoms with Crippen LogP contribution in [0.3, 0.4) is 0 Å². The molecule has 0 saturated heterocycles. The van der Waals surface area contributed by atoms with Gasteiger partial charge in [0.25, 0.3) is 0 Å². The summed E-state index contributed by atoms with van der Waals surface area (Å²) in [5.41, 5.74) is 2.51. The highest BCUT2D eigenvalue weighted by Gasteiger charge is 2.01. The van der Waals surface area contributed by atoms with Crippen molar-refractivity contribution in [2.45, 2.75) is 13.3 Å². The maximum absolute atomic E-state index is 11.1. The first kappa shape index (κ1) is 13.8. The minimum absolute atomic E-state index is 0.318. The van der Waals surface area contributed by atoms with Gasteiger partial charge >= 0.3 is 5.97 Å². The van der Waals surface area contributed by atoms with Crippen LogP contribution >= 0.6 is 0 Å². The molecule has 0 atom stereocenters. The number of nitrogens with one attached hydrogen (secondary N) is 1. The summed E-state index contributed by atoms with van der Waals surface area (Å²) in [6.07, 6.45) is 2.19. The van der Waals surface area contributed by atoms with Gasteiger partial charge in [0.1, 0.15) is 0 Å². The van der Waals surface area contributed by atoms with Gasteiger partial charge in [-0.2, -0.15) is 5.26 Å². The standard InChI is InChI=1S/C14H16N2O2/c1-11(14(17)18-2)8-10-16-13-5-3-12(4-6-13)7-9-15/h3-6,8,16H,7,10H2,1-2H3/b11-8+. The van der Waals surface area contributed by atoms with Gasteiger partial charge in [0.15, 0.2) is 0 Å². The lowest BCUT2D eigenvalue weighted by Crippen LogP contribution is -2.05. The molecule has 1 N–H and O–H groups in total. The zero-order chi connectivity index (χ0) is 13.4. The number of nitrogens with zero attached hydrogens (tertiary/aromatic N) is 1. The van der Waals surface area contributed by atoms with E-state index >= 15 is 0 Å². The van der Waals surface area contributed by atoms with Crippen LogP contribution in [-0.2, 0) is 16.0 Å². The fourth-order valence-corrected chi connectivity index (χ4v) is 1.40. The van der Waals surface area contributed by atoms with E-state index in [0.29, 0.717) is 18.5 Å². The number of rotatable bonds is 5. The number of esters is 1. The van der Waals surface area contributed by atoms with E-state index in [4.69, 9.17) is 5.26 Å². The Morgan fingerprint density at radius 1 is 1.44 bits per heavy atom. The number of methoxy groups -OCH3 is 1. The second-order valence-electron chi connectivity index (χ2n) is 3.79. The van der Waals surface area contributed by atoms with Gasteiger partial charge in [-0.1, -0.05) is 18.2 Å². The molecule has 94 valence electrons. The van der Waals surface area contributed by atoms with E-state index in [-0.39, 0.29) is 5.97 Å². The second-order valence-corrected chi connectivity index (χ2v) is 3.79. The first-order chi connectivity index (χ1) is 8.67. The molecule has 0 amide bonds. The van der Waals surface area contributed by atoms with Crippen molar-refractivity contribution in [1.82, 2.24) is 0 Å². The highest BCUT2D eigenvalue weighted by molar-refractivity contribution is 5.87. The lowest BCUT2D eigenvalue weighted by molar-refractivity contribution is -0.136. The Hall–Kier alpha value is -2.28. The minimum atomic E-state index is -0.318. The molecule has 1 aromatic carbocycles. The quantitative estimate of drug-likeness (QED) is 0.637. The molecule has 0 fully saturated rings. The van der Waals surface area contributed by atoms with Crippen LogP contribution in [0.2, 0.25) is 0 Å². The van der Waals surface area contributed by atoms with Crippen molar-refractivity contribution in [1.29, 1.82) is 5.26 Å². The molecule has 0 aromatic heterocycles. The molecule has 0 heterocycles. The van der Waals surface area contributed by atoms with E-state index in [1.807, 2.05) is 24.3 Å². The van der Waals surface area contributed by atoms with E-state index in [1.165, 1.54) is 7.11 Å². The molecule has 0 radical (unpaired) electrons. The van der Waals surface area contributed by atoms with Crippen LogP contribution in [0, 0.1) is 11.3 Å². The van der Waals surface area contributed by atoms with Crippen molar-refractivity contribution >= 4 is 11.7 Å². The Morgan fingerprint density at radius 2 is 2.11 bits per heavy atom. The summed E-state index contributed by atoms with van der Waals surface area (Å²) in [6.45, 7) is 2.27. The van der Waals surface area contributed by atoms with Gasteiger partial charge in [-0.25, -0.2) is 4.79 Å². The average molecular weight is 244 g/mol. The number of carbonyl (C=O) groups is 1. The fraction of sp³-hybridized carbons (Fsp3) is 0.286. The zero-order valence-corrected chi connectivity index (χ0v) is 10.6. The van der Waals surface area contributed by atoms with Crippen LogP contribution in [0.5, 0.6) is 0 Å². The molecule has 0 unspecified atom stereocenters. The molecular weight excluding hydrogens is 228 g/mol.